The van der Waals surface area contributed by atoms with Gasteiger partial charge in [0, 0.05) is 5.38 Å². The summed E-state index contributed by atoms with van der Waals surface area (Å²) in [6, 6.07) is 19.8. The summed E-state index contributed by atoms with van der Waals surface area (Å²) in [6.45, 7) is 1.97. The van der Waals surface area contributed by atoms with Gasteiger partial charge in [0.25, 0.3) is 0 Å². The van der Waals surface area contributed by atoms with Crippen LogP contribution in [0, 0.1) is 6.92 Å². The molecule has 0 aliphatic carbocycles. The summed E-state index contributed by atoms with van der Waals surface area (Å²) in [5.41, 5.74) is 2.80. The highest BCUT2D eigenvalue weighted by molar-refractivity contribution is 7.26. The van der Waals surface area contributed by atoms with Crippen molar-refractivity contribution in [2.75, 3.05) is 0 Å². The molecule has 2 nitrogen and oxygen atoms in total. The van der Waals surface area contributed by atoms with Crippen LogP contribution in [0.25, 0.3) is 0 Å². The van der Waals surface area contributed by atoms with E-state index in [0.29, 0.717) is 0 Å². The summed E-state index contributed by atoms with van der Waals surface area (Å²) in [4.78, 5) is 4.62. The van der Waals surface area contributed by atoms with Crippen molar-refractivity contribution in [2.45, 2.75) is 12.1 Å². The zero-order valence-electron chi connectivity index (χ0n) is 11.6. The minimum absolute atomic E-state index is 0.0216. The van der Waals surface area contributed by atoms with E-state index in [9.17, 15) is 4.57 Å². The third-order valence-electron chi connectivity index (χ3n) is 3.51. The summed E-state index contributed by atoms with van der Waals surface area (Å²) in [6.07, 6.45) is 0. The molecule has 21 heavy (non-hydrogen) atoms. The Labute approximate surface area is 129 Å². The van der Waals surface area contributed by atoms with Crippen LogP contribution in [-0.2, 0) is 9.72 Å². The van der Waals surface area contributed by atoms with Crippen molar-refractivity contribution in [3.05, 3.63) is 87.9 Å². The Morgan fingerprint density at radius 2 is 1.48 bits per heavy atom. The van der Waals surface area contributed by atoms with E-state index in [0.717, 1.165) is 21.8 Å². The summed E-state index contributed by atoms with van der Waals surface area (Å²) in [5.74, 6) is 0. The second-order valence-corrected chi connectivity index (χ2v) is 6.70. The topological polar surface area (TPSA) is 30.0 Å². The molecule has 104 valence electrons. The lowest BCUT2D eigenvalue weighted by Crippen LogP contribution is -2.23. The maximum Gasteiger partial charge on any atom is 0.178 e. The first-order chi connectivity index (χ1) is 10.3. The molecule has 0 unspecified atom stereocenters. The maximum atomic E-state index is 12.3. The lowest BCUT2D eigenvalue weighted by Gasteiger charge is -2.26. The first-order valence-electron chi connectivity index (χ1n) is 6.65. The van der Waals surface area contributed by atoms with Gasteiger partial charge in [-0.3, -0.25) is 4.57 Å². The van der Waals surface area contributed by atoms with Gasteiger partial charge >= 0.3 is 0 Å². The third-order valence-corrected chi connectivity index (χ3v) is 5.30. The fourth-order valence-corrected chi connectivity index (χ4v) is 3.97. The van der Waals surface area contributed by atoms with Crippen LogP contribution >= 0.6 is 19.8 Å². The van der Waals surface area contributed by atoms with Crippen LogP contribution in [-0.4, -0.2) is 4.98 Å². The van der Waals surface area contributed by atoms with E-state index in [4.69, 9.17) is 0 Å². The second kappa shape index (κ2) is 5.88. The standard InChI is InChI=1S/C17H14NOPS/c1-13-18-16(12-21-13)17(20-19,14-8-4-2-5-9-14)15-10-6-3-7-11-15/h2-12H,1H3. The number of aromatic nitrogens is 1. The van der Waals surface area contributed by atoms with Crippen molar-refractivity contribution >= 4 is 19.8 Å². The molecule has 0 saturated heterocycles. The van der Waals surface area contributed by atoms with Crippen LogP contribution in [0.4, 0.5) is 0 Å². The monoisotopic (exact) mass is 311 g/mol. The summed E-state index contributed by atoms with van der Waals surface area (Å²) in [7, 11) is 0.0216. The molecule has 4 heteroatoms. The van der Waals surface area contributed by atoms with Gasteiger partial charge in [-0.1, -0.05) is 60.7 Å². The highest BCUT2D eigenvalue weighted by Gasteiger charge is 2.39. The molecule has 0 aliphatic rings. The third kappa shape index (κ3) is 2.44. The Bertz CT molecular complexity index is 700. The largest absolute Gasteiger partial charge is 0.273 e. The Morgan fingerprint density at radius 1 is 0.952 bits per heavy atom. The smallest absolute Gasteiger partial charge is 0.178 e. The van der Waals surface area contributed by atoms with E-state index >= 15 is 0 Å². The summed E-state index contributed by atoms with van der Waals surface area (Å²) >= 11 is 1.58. The normalized spacial score (nSPS) is 11.7. The van der Waals surface area contributed by atoms with Crippen molar-refractivity contribution in [2.24, 2.45) is 0 Å². The fraction of sp³-hybridized carbons (Fsp3) is 0.118. The van der Waals surface area contributed by atoms with Gasteiger partial charge in [0.1, 0.15) is 5.16 Å². The number of rotatable bonds is 4. The van der Waals surface area contributed by atoms with Crippen molar-refractivity contribution in [3.63, 3.8) is 0 Å². The van der Waals surface area contributed by atoms with E-state index in [1.807, 2.05) is 73.0 Å². The van der Waals surface area contributed by atoms with Crippen LogP contribution in [0.15, 0.2) is 66.0 Å². The number of benzene rings is 2. The molecule has 3 rings (SSSR count). The SMILES string of the molecule is Cc1nc(C(P=O)(c2ccccc2)c2ccccc2)cs1. The molecule has 1 aromatic heterocycles. The van der Waals surface area contributed by atoms with Gasteiger partial charge in [-0.15, -0.1) is 11.3 Å². The van der Waals surface area contributed by atoms with Crippen LogP contribution in [0.1, 0.15) is 21.8 Å². The van der Waals surface area contributed by atoms with E-state index in [-0.39, 0.29) is 8.46 Å². The molecule has 0 N–H and O–H groups in total. The van der Waals surface area contributed by atoms with E-state index in [2.05, 4.69) is 4.98 Å². The van der Waals surface area contributed by atoms with Crippen LogP contribution < -0.4 is 0 Å². The maximum absolute atomic E-state index is 12.3. The fourth-order valence-electron chi connectivity index (χ4n) is 2.50. The number of hydrogen-bond acceptors (Lipinski definition) is 3. The van der Waals surface area contributed by atoms with Gasteiger partial charge < -0.3 is 0 Å². The van der Waals surface area contributed by atoms with Crippen molar-refractivity contribution < 1.29 is 4.57 Å². The molecular weight excluding hydrogens is 297 g/mol. The Balaban J connectivity index is 2.31. The molecular formula is C17H14NOPS. The highest BCUT2D eigenvalue weighted by atomic mass is 32.1. The van der Waals surface area contributed by atoms with Crippen molar-refractivity contribution in [3.8, 4) is 0 Å². The predicted molar refractivity (Wildman–Crippen MR) is 87.2 cm³/mol. The predicted octanol–water partition coefficient (Wildman–Crippen LogP) is 5.04. The second-order valence-electron chi connectivity index (χ2n) is 4.79. The molecule has 0 aliphatic heterocycles. The van der Waals surface area contributed by atoms with Gasteiger partial charge in [0.05, 0.1) is 10.7 Å². The Morgan fingerprint density at radius 3 is 1.86 bits per heavy atom. The van der Waals surface area contributed by atoms with E-state index in [1.165, 1.54) is 0 Å². The molecule has 3 aromatic rings. The molecule has 0 fully saturated rings. The van der Waals surface area contributed by atoms with Crippen LogP contribution in [0.5, 0.6) is 0 Å². The molecule has 0 radical (unpaired) electrons. The van der Waals surface area contributed by atoms with E-state index < -0.39 is 5.16 Å². The molecule has 0 saturated carbocycles. The zero-order valence-corrected chi connectivity index (χ0v) is 13.3. The van der Waals surface area contributed by atoms with Gasteiger partial charge in [0.15, 0.2) is 8.46 Å². The van der Waals surface area contributed by atoms with Gasteiger partial charge in [-0.2, -0.15) is 0 Å². The minimum Gasteiger partial charge on any atom is -0.273 e. The molecule has 0 bridgehead atoms. The summed E-state index contributed by atoms with van der Waals surface area (Å²) in [5, 5.41) is 2.23. The highest BCUT2D eigenvalue weighted by Crippen LogP contribution is 2.47. The first-order valence-corrected chi connectivity index (χ1v) is 8.35. The van der Waals surface area contributed by atoms with Gasteiger partial charge in [-0.25, -0.2) is 4.98 Å². The molecule has 0 spiro atoms. The molecule has 1 heterocycles. The average Bonchev–Trinajstić information content (AvgIpc) is 2.98. The van der Waals surface area contributed by atoms with Gasteiger partial charge in [0.2, 0.25) is 0 Å². The average molecular weight is 311 g/mol. The van der Waals surface area contributed by atoms with Crippen molar-refractivity contribution in [1.29, 1.82) is 0 Å². The number of nitrogens with zero attached hydrogens (tertiary/aromatic N) is 1. The molecule has 0 amide bonds. The zero-order chi connectivity index (χ0) is 14.7. The number of aryl methyl sites for hydroxylation is 1. The quantitative estimate of drug-likeness (QED) is 0.632. The van der Waals surface area contributed by atoms with E-state index in [1.54, 1.807) is 11.3 Å². The van der Waals surface area contributed by atoms with Crippen molar-refractivity contribution in [1.82, 2.24) is 4.98 Å². The van der Waals surface area contributed by atoms with Gasteiger partial charge in [-0.05, 0) is 18.1 Å². The number of hydrogen-bond donors (Lipinski definition) is 0. The molecule has 2 aromatic carbocycles. The Kier molecular flexibility index (Phi) is 3.96. The Hall–Kier alpha value is -1.83. The molecule has 0 atom stereocenters. The first kappa shape index (κ1) is 14.1. The lowest BCUT2D eigenvalue weighted by atomic mass is 9.88. The van der Waals surface area contributed by atoms with Crippen LogP contribution in [0.2, 0.25) is 0 Å². The lowest BCUT2D eigenvalue weighted by molar-refractivity contribution is 0.585. The van der Waals surface area contributed by atoms with Crippen LogP contribution in [0.3, 0.4) is 0 Å². The summed E-state index contributed by atoms with van der Waals surface area (Å²) < 4.78 is 12.3. The minimum atomic E-state index is -0.743. The number of thiazole rings is 1.